The summed E-state index contributed by atoms with van der Waals surface area (Å²) in [4.78, 5) is 26.7. The third kappa shape index (κ3) is 4.07. The minimum absolute atomic E-state index is 0.143. The fraction of sp³-hybridized carbons (Fsp3) is 0.529. The molecular formula is C17H25N3O2. The summed E-state index contributed by atoms with van der Waals surface area (Å²) in [5, 5.41) is 5.74. The van der Waals surface area contributed by atoms with Gasteiger partial charge in [-0.1, -0.05) is 17.7 Å². The van der Waals surface area contributed by atoms with Gasteiger partial charge >= 0.3 is 0 Å². The smallest absolute Gasteiger partial charge is 0.240 e. The summed E-state index contributed by atoms with van der Waals surface area (Å²) >= 11 is 0. The molecule has 120 valence electrons. The molecule has 1 aliphatic rings. The lowest BCUT2D eigenvalue weighted by Gasteiger charge is -2.16. The highest BCUT2D eigenvalue weighted by atomic mass is 16.2. The Morgan fingerprint density at radius 3 is 2.32 bits per heavy atom. The molecule has 0 aromatic heterocycles. The second kappa shape index (κ2) is 6.92. The highest BCUT2D eigenvalue weighted by Crippen LogP contribution is 2.46. The summed E-state index contributed by atoms with van der Waals surface area (Å²) in [5.41, 5.74) is 1.02. The van der Waals surface area contributed by atoms with E-state index in [1.807, 2.05) is 45.3 Å². The highest BCUT2D eigenvalue weighted by Gasteiger charge is 2.56. The summed E-state index contributed by atoms with van der Waals surface area (Å²) in [6, 6.07) is 7.60. The first kappa shape index (κ1) is 16.5. The molecule has 0 aliphatic heterocycles. The van der Waals surface area contributed by atoms with Gasteiger partial charge < -0.3 is 15.5 Å². The van der Waals surface area contributed by atoms with Crippen LogP contribution in [0.4, 0.5) is 5.69 Å². The number of rotatable bonds is 7. The van der Waals surface area contributed by atoms with Gasteiger partial charge in [0, 0.05) is 12.2 Å². The number of anilines is 1. The molecule has 1 fully saturated rings. The lowest BCUT2D eigenvalue weighted by atomic mass is 10.0. The maximum Gasteiger partial charge on any atom is 0.240 e. The van der Waals surface area contributed by atoms with E-state index >= 15 is 0 Å². The molecule has 0 saturated heterocycles. The topological polar surface area (TPSA) is 61.4 Å². The van der Waals surface area contributed by atoms with E-state index in [2.05, 4.69) is 15.5 Å². The van der Waals surface area contributed by atoms with Crippen molar-refractivity contribution in [2.45, 2.75) is 26.2 Å². The molecule has 0 atom stereocenters. The first-order valence-corrected chi connectivity index (χ1v) is 7.75. The number of nitrogens with zero attached hydrogens (tertiary/aromatic N) is 1. The second-order valence-corrected chi connectivity index (χ2v) is 6.31. The van der Waals surface area contributed by atoms with Gasteiger partial charge in [-0.3, -0.25) is 9.59 Å². The maximum absolute atomic E-state index is 12.4. The minimum atomic E-state index is -0.858. The molecule has 0 bridgehead atoms. The SMILES string of the molecule is Cc1ccc(NC(=O)C2(C(=O)NCCCN(C)C)CC2)cc1. The Balaban J connectivity index is 1.85. The predicted octanol–water partition coefficient (Wildman–Crippen LogP) is 1.78. The molecule has 0 heterocycles. The van der Waals surface area contributed by atoms with Gasteiger partial charge in [-0.25, -0.2) is 0 Å². The van der Waals surface area contributed by atoms with Crippen molar-refractivity contribution in [3.05, 3.63) is 29.8 Å². The Morgan fingerprint density at radius 2 is 1.77 bits per heavy atom. The molecule has 1 aliphatic carbocycles. The molecule has 2 rings (SSSR count). The summed E-state index contributed by atoms with van der Waals surface area (Å²) in [6.45, 7) is 3.52. The maximum atomic E-state index is 12.4. The largest absolute Gasteiger partial charge is 0.355 e. The van der Waals surface area contributed by atoms with Crippen LogP contribution in [0.2, 0.25) is 0 Å². The molecule has 1 saturated carbocycles. The van der Waals surface area contributed by atoms with E-state index in [1.54, 1.807) is 0 Å². The average Bonchev–Trinajstić information content (AvgIpc) is 3.27. The second-order valence-electron chi connectivity index (χ2n) is 6.31. The van der Waals surface area contributed by atoms with Crippen molar-refractivity contribution in [2.24, 2.45) is 5.41 Å². The molecule has 22 heavy (non-hydrogen) atoms. The van der Waals surface area contributed by atoms with Crippen molar-refractivity contribution in [3.63, 3.8) is 0 Å². The molecule has 2 N–H and O–H groups in total. The van der Waals surface area contributed by atoms with Crippen LogP contribution in [0, 0.1) is 12.3 Å². The van der Waals surface area contributed by atoms with Crippen LogP contribution in [0.25, 0.3) is 0 Å². The fourth-order valence-electron chi connectivity index (χ4n) is 2.34. The standard InChI is InChI=1S/C17H25N3O2/c1-13-5-7-14(8-6-13)19-16(22)17(9-10-17)15(21)18-11-4-12-20(2)3/h5-8H,4,9-12H2,1-3H3,(H,18,21)(H,19,22). The Labute approximate surface area is 132 Å². The molecule has 0 spiro atoms. The van der Waals surface area contributed by atoms with E-state index in [0.717, 1.165) is 24.2 Å². The van der Waals surface area contributed by atoms with Gasteiger partial charge in [-0.15, -0.1) is 0 Å². The highest BCUT2D eigenvalue weighted by molar-refractivity contribution is 6.13. The number of hydrogen-bond acceptors (Lipinski definition) is 3. The number of hydrogen-bond donors (Lipinski definition) is 2. The monoisotopic (exact) mass is 303 g/mol. The number of carbonyl (C=O) groups excluding carboxylic acids is 2. The van der Waals surface area contributed by atoms with Crippen LogP contribution in [0.1, 0.15) is 24.8 Å². The quantitative estimate of drug-likeness (QED) is 0.596. The number of aryl methyl sites for hydroxylation is 1. The van der Waals surface area contributed by atoms with Gasteiger partial charge in [0.2, 0.25) is 11.8 Å². The molecule has 1 aromatic carbocycles. The average molecular weight is 303 g/mol. The molecule has 1 aromatic rings. The normalized spacial score (nSPS) is 15.5. The van der Waals surface area contributed by atoms with E-state index in [-0.39, 0.29) is 11.8 Å². The van der Waals surface area contributed by atoms with Crippen molar-refractivity contribution < 1.29 is 9.59 Å². The van der Waals surface area contributed by atoms with E-state index in [4.69, 9.17) is 0 Å². The lowest BCUT2D eigenvalue weighted by Crippen LogP contribution is -2.40. The van der Waals surface area contributed by atoms with Gasteiger partial charge in [0.1, 0.15) is 5.41 Å². The van der Waals surface area contributed by atoms with Crippen molar-refractivity contribution in [1.29, 1.82) is 0 Å². The third-order valence-electron chi connectivity index (χ3n) is 4.00. The van der Waals surface area contributed by atoms with Crippen LogP contribution >= 0.6 is 0 Å². The van der Waals surface area contributed by atoms with Crippen molar-refractivity contribution in [3.8, 4) is 0 Å². The number of carbonyl (C=O) groups is 2. The van der Waals surface area contributed by atoms with Crippen LogP contribution < -0.4 is 10.6 Å². The summed E-state index contributed by atoms with van der Waals surface area (Å²) in [6.07, 6.45) is 2.14. The molecule has 0 unspecified atom stereocenters. The van der Waals surface area contributed by atoms with Crippen molar-refractivity contribution in [1.82, 2.24) is 10.2 Å². The zero-order valence-electron chi connectivity index (χ0n) is 13.6. The molecular weight excluding hydrogens is 278 g/mol. The van der Waals surface area contributed by atoms with E-state index in [1.165, 1.54) is 0 Å². The van der Waals surface area contributed by atoms with Gasteiger partial charge in [-0.05, 0) is 59.0 Å². The van der Waals surface area contributed by atoms with Crippen molar-refractivity contribution >= 4 is 17.5 Å². The molecule has 5 nitrogen and oxygen atoms in total. The lowest BCUT2D eigenvalue weighted by molar-refractivity contribution is -0.134. The number of benzene rings is 1. The van der Waals surface area contributed by atoms with Gasteiger partial charge in [0.25, 0.3) is 0 Å². The van der Waals surface area contributed by atoms with Gasteiger partial charge in [-0.2, -0.15) is 0 Å². The molecule has 0 radical (unpaired) electrons. The van der Waals surface area contributed by atoms with Crippen LogP contribution in [0.3, 0.4) is 0 Å². The summed E-state index contributed by atoms with van der Waals surface area (Å²) in [7, 11) is 4.00. The van der Waals surface area contributed by atoms with Gasteiger partial charge in [0.15, 0.2) is 0 Å². The Bertz CT molecular complexity index is 533. The van der Waals surface area contributed by atoms with Gasteiger partial charge in [0.05, 0.1) is 0 Å². The fourth-order valence-corrected chi connectivity index (χ4v) is 2.34. The zero-order valence-corrected chi connectivity index (χ0v) is 13.6. The Kier molecular flexibility index (Phi) is 5.19. The minimum Gasteiger partial charge on any atom is -0.355 e. The van der Waals surface area contributed by atoms with Crippen LogP contribution in [-0.2, 0) is 9.59 Å². The third-order valence-corrected chi connectivity index (χ3v) is 4.00. The van der Waals surface area contributed by atoms with E-state index in [9.17, 15) is 9.59 Å². The zero-order chi connectivity index (χ0) is 16.2. The summed E-state index contributed by atoms with van der Waals surface area (Å²) < 4.78 is 0. The van der Waals surface area contributed by atoms with Crippen LogP contribution in [-0.4, -0.2) is 43.9 Å². The molecule has 2 amide bonds. The predicted molar refractivity (Wildman–Crippen MR) is 87.7 cm³/mol. The first-order chi connectivity index (χ1) is 10.4. The van der Waals surface area contributed by atoms with Crippen molar-refractivity contribution in [2.75, 3.05) is 32.5 Å². The van der Waals surface area contributed by atoms with Crippen LogP contribution in [0.15, 0.2) is 24.3 Å². The Hall–Kier alpha value is -1.88. The first-order valence-electron chi connectivity index (χ1n) is 7.75. The Morgan fingerprint density at radius 1 is 1.14 bits per heavy atom. The number of nitrogens with one attached hydrogen (secondary N) is 2. The van der Waals surface area contributed by atoms with E-state index < -0.39 is 5.41 Å². The molecule has 5 heteroatoms. The summed E-state index contributed by atoms with van der Waals surface area (Å²) in [5.74, 6) is -0.336. The van der Waals surface area contributed by atoms with E-state index in [0.29, 0.717) is 19.4 Å². The van der Waals surface area contributed by atoms with Crippen LogP contribution in [0.5, 0.6) is 0 Å². The number of amides is 2.